The van der Waals surface area contributed by atoms with Gasteiger partial charge in [0, 0.05) is 12.6 Å². The van der Waals surface area contributed by atoms with Gasteiger partial charge in [0.2, 0.25) is 0 Å². The van der Waals surface area contributed by atoms with Crippen LogP contribution >= 0.6 is 0 Å². The summed E-state index contributed by atoms with van der Waals surface area (Å²) in [5.74, 6) is 0.608. The minimum absolute atomic E-state index is 0.0643. The van der Waals surface area contributed by atoms with E-state index >= 15 is 0 Å². The van der Waals surface area contributed by atoms with Crippen molar-refractivity contribution in [1.82, 2.24) is 4.90 Å². The smallest absolute Gasteiger partial charge is 0.196 e. The molecule has 0 spiro atoms. The molecular weight excluding hydrogens is 254 g/mol. The molecule has 0 aliphatic heterocycles. The molecule has 0 atom stereocenters. The molecule has 1 heterocycles. The Labute approximate surface area is 119 Å². The fraction of sp³-hybridized carbons (Fsp3) is 0.438. The van der Waals surface area contributed by atoms with Crippen molar-refractivity contribution in [2.24, 2.45) is 0 Å². The second-order valence-corrected chi connectivity index (χ2v) is 4.64. The van der Waals surface area contributed by atoms with Crippen LogP contribution in [0.25, 0.3) is 11.0 Å². The number of hydrogen-bond donors (Lipinski definition) is 0. The quantitative estimate of drug-likeness (QED) is 0.729. The van der Waals surface area contributed by atoms with Crippen LogP contribution in [0.4, 0.5) is 0 Å². The molecule has 0 saturated heterocycles. The maximum absolute atomic E-state index is 11.9. The minimum atomic E-state index is -0.0643. The number of fused-ring (bicyclic) bond motifs is 1. The lowest BCUT2D eigenvalue weighted by Crippen LogP contribution is -2.25. The second kappa shape index (κ2) is 7.10. The number of nitrogens with zero attached hydrogens (tertiary/aromatic N) is 1. The van der Waals surface area contributed by atoms with Crippen LogP contribution in [-0.2, 0) is 0 Å². The molecule has 4 nitrogen and oxygen atoms in total. The lowest BCUT2D eigenvalue weighted by atomic mass is 10.2. The van der Waals surface area contributed by atoms with Gasteiger partial charge in [0.1, 0.15) is 16.7 Å². The van der Waals surface area contributed by atoms with E-state index in [4.69, 9.17) is 9.15 Å². The van der Waals surface area contributed by atoms with Crippen molar-refractivity contribution in [3.05, 3.63) is 40.8 Å². The maximum atomic E-state index is 11.9. The first-order valence-corrected chi connectivity index (χ1v) is 7.12. The molecule has 0 radical (unpaired) electrons. The average molecular weight is 275 g/mol. The highest BCUT2D eigenvalue weighted by atomic mass is 16.5. The summed E-state index contributed by atoms with van der Waals surface area (Å²) in [6.45, 7) is 8.01. The zero-order valence-corrected chi connectivity index (χ0v) is 12.1. The van der Waals surface area contributed by atoms with Crippen LogP contribution < -0.4 is 10.2 Å². The zero-order valence-electron chi connectivity index (χ0n) is 12.1. The van der Waals surface area contributed by atoms with E-state index in [1.54, 1.807) is 6.07 Å². The Morgan fingerprint density at radius 1 is 1.20 bits per heavy atom. The third kappa shape index (κ3) is 3.39. The molecule has 1 aromatic heterocycles. The van der Waals surface area contributed by atoms with Crippen molar-refractivity contribution in [3.63, 3.8) is 0 Å². The van der Waals surface area contributed by atoms with Crippen LogP contribution in [0, 0.1) is 0 Å². The van der Waals surface area contributed by atoms with Gasteiger partial charge in [-0.3, -0.25) is 4.79 Å². The Balaban J connectivity index is 2.02. The molecule has 108 valence electrons. The molecule has 1 aromatic carbocycles. The zero-order chi connectivity index (χ0) is 14.4. The summed E-state index contributed by atoms with van der Waals surface area (Å²) in [5.41, 5.74) is 0.504. The first kappa shape index (κ1) is 14.6. The van der Waals surface area contributed by atoms with E-state index in [1.807, 2.05) is 12.1 Å². The summed E-state index contributed by atoms with van der Waals surface area (Å²) in [6.07, 6.45) is 2.35. The summed E-state index contributed by atoms with van der Waals surface area (Å²) < 4.78 is 11.1. The fourth-order valence-electron chi connectivity index (χ4n) is 2.23. The second-order valence-electron chi connectivity index (χ2n) is 4.64. The lowest BCUT2D eigenvalue weighted by molar-refractivity contribution is 0.250. The van der Waals surface area contributed by atoms with Crippen molar-refractivity contribution in [2.45, 2.75) is 20.3 Å². The topological polar surface area (TPSA) is 42.7 Å². The first-order valence-electron chi connectivity index (χ1n) is 7.12. The average Bonchev–Trinajstić information content (AvgIpc) is 2.47. The van der Waals surface area contributed by atoms with Crippen LogP contribution in [-0.4, -0.2) is 31.1 Å². The Kier molecular flexibility index (Phi) is 5.18. The van der Waals surface area contributed by atoms with Crippen molar-refractivity contribution >= 4 is 11.0 Å². The van der Waals surface area contributed by atoms with Crippen LogP contribution in [0.3, 0.4) is 0 Å². The third-order valence-corrected chi connectivity index (χ3v) is 3.42. The highest BCUT2D eigenvalue weighted by Gasteiger charge is 2.07. The Hall–Kier alpha value is -1.81. The molecule has 0 bridgehead atoms. The molecular formula is C16H21NO3. The molecule has 2 aromatic rings. The standard InChI is InChI=1S/C16H21NO3/c1-3-17(4-2)10-6-11-19-14-7-5-8-15-16(14)13(18)9-12-20-15/h5,7-9,12H,3-4,6,10-11H2,1-2H3. The van der Waals surface area contributed by atoms with Crippen LogP contribution in [0.15, 0.2) is 39.7 Å². The number of benzene rings is 1. The Bertz CT molecular complexity index is 597. The largest absolute Gasteiger partial charge is 0.493 e. The SMILES string of the molecule is CCN(CC)CCCOc1cccc2occc(=O)c12. The van der Waals surface area contributed by atoms with Crippen molar-refractivity contribution in [1.29, 1.82) is 0 Å². The molecule has 2 rings (SSSR count). The normalized spacial score (nSPS) is 11.2. The maximum Gasteiger partial charge on any atom is 0.196 e. The van der Waals surface area contributed by atoms with Gasteiger partial charge in [0.15, 0.2) is 5.43 Å². The number of hydrogen-bond acceptors (Lipinski definition) is 4. The van der Waals surface area contributed by atoms with Gasteiger partial charge >= 0.3 is 0 Å². The molecule has 20 heavy (non-hydrogen) atoms. The minimum Gasteiger partial charge on any atom is -0.493 e. The van der Waals surface area contributed by atoms with Crippen molar-refractivity contribution in [2.75, 3.05) is 26.2 Å². The van der Waals surface area contributed by atoms with Crippen LogP contribution in [0.1, 0.15) is 20.3 Å². The molecule has 0 amide bonds. The molecule has 4 heteroatoms. The van der Waals surface area contributed by atoms with Crippen LogP contribution in [0.2, 0.25) is 0 Å². The van der Waals surface area contributed by atoms with Crippen LogP contribution in [0.5, 0.6) is 5.75 Å². The van der Waals surface area contributed by atoms with E-state index < -0.39 is 0 Å². The third-order valence-electron chi connectivity index (χ3n) is 3.42. The van der Waals surface area contributed by atoms with E-state index in [0.29, 0.717) is 23.3 Å². The molecule has 0 N–H and O–H groups in total. The van der Waals surface area contributed by atoms with E-state index in [2.05, 4.69) is 18.7 Å². The highest BCUT2D eigenvalue weighted by molar-refractivity contribution is 5.82. The van der Waals surface area contributed by atoms with Crippen molar-refractivity contribution in [3.8, 4) is 5.75 Å². The predicted molar refractivity (Wildman–Crippen MR) is 80.4 cm³/mol. The Morgan fingerprint density at radius 2 is 2.00 bits per heavy atom. The lowest BCUT2D eigenvalue weighted by Gasteiger charge is -2.17. The molecule has 0 fully saturated rings. The monoisotopic (exact) mass is 275 g/mol. The summed E-state index contributed by atoms with van der Waals surface area (Å²) >= 11 is 0. The van der Waals surface area contributed by atoms with Gasteiger partial charge < -0.3 is 14.1 Å². The summed E-state index contributed by atoms with van der Waals surface area (Å²) in [4.78, 5) is 14.2. The van der Waals surface area contributed by atoms with Gasteiger partial charge in [-0.2, -0.15) is 0 Å². The summed E-state index contributed by atoms with van der Waals surface area (Å²) in [5, 5.41) is 0.526. The predicted octanol–water partition coefficient (Wildman–Crippen LogP) is 2.90. The first-order chi connectivity index (χ1) is 9.76. The van der Waals surface area contributed by atoms with E-state index in [-0.39, 0.29) is 5.43 Å². The van der Waals surface area contributed by atoms with Crippen molar-refractivity contribution < 1.29 is 9.15 Å². The molecule has 0 saturated carbocycles. The van der Waals surface area contributed by atoms with Gasteiger partial charge in [0.05, 0.1) is 12.9 Å². The molecule has 0 unspecified atom stereocenters. The van der Waals surface area contributed by atoms with Gasteiger partial charge in [0.25, 0.3) is 0 Å². The van der Waals surface area contributed by atoms with E-state index in [9.17, 15) is 4.79 Å². The van der Waals surface area contributed by atoms with E-state index in [1.165, 1.54) is 12.3 Å². The molecule has 0 aliphatic carbocycles. The van der Waals surface area contributed by atoms with Gasteiger partial charge in [-0.25, -0.2) is 0 Å². The number of ether oxygens (including phenoxy) is 1. The number of rotatable bonds is 7. The highest BCUT2D eigenvalue weighted by Crippen LogP contribution is 2.22. The fourth-order valence-corrected chi connectivity index (χ4v) is 2.23. The van der Waals surface area contributed by atoms with E-state index in [0.717, 1.165) is 26.1 Å². The summed E-state index contributed by atoms with van der Waals surface area (Å²) in [7, 11) is 0. The van der Waals surface area contributed by atoms with Gasteiger partial charge in [-0.1, -0.05) is 19.9 Å². The van der Waals surface area contributed by atoms with Gasteiger partial charge in [-0.05, 0) is 31.6 Å². The molecule has 0 aliphatic rings. The Morgan fingerprint density at radius 3 is 2.75 bits per heavy atom. The van der Waals surface area contributed by atoms with Gasteiger partial charge in [-0.15, -0.1) is 0 Å². The summed E-state index contributed by atoms with van der Waals surface area (Å²) in [6, 6.07) is 6.85.